The number of anilines is 1. The van der Waals surface area contributed by atoms with Crippen LogP contribution in [-0.4, -0.2) is 10.9 Å². The van der Waals surface area contributed by atoms with Crippen molar-refractivity contribution in [2.75, 3.05) is 5.73 Å². The standard InChI is InChI=1S/C29H23F2N3O2/c1-14-9-26(32)34-15(2)24(14)13-33-29(35)17-4-7-21-23(11-17)28-22-10-16(3-6-20(22)27(21)36-28)19-8-5-18(30)12-25(19)31/h3-12,27-28H,13H2,1-2H3,(H2,32,34)(H,33,35). The van der Waals surface area contributed by atoms with Crippen LogP contribution >= 0.6 is 0 Å². The Morgan fingerprint density at radius 3 is 2.42 bits per heavy atom. The minimum atomic E-state index is -0.613. The van der Waals surface area contributed by atoms with Gasteiger partial charge in [0, 0.05) is 29.4 Å². The van der Waals surface area contributed by atoms with Crippen LogP contribution in [-0.2, 0) is 11.3 Å². The zero-order chi connectivity index (χ0) is 25.1. The number of rotatable bonds is 4. The molecule has 3 N–H and O–H groups in total. The molecule has 0 aliphatic carbocycles. The molecule has 2 atom stereocenters. The molecule has 36 heavy (non-hydrogen) atoms. The van der Waals surface area contributed by atoms with E-state index in [0.717, 1.165) is 45.1 Å². The van der Waals surface area contributed by atoms with Gasteiger partial charge in [-0.2, -0.15) is 0 Å². The highest BCUT2D eigenvalue weighted by Crippen LogP contribution is 2.54. The Morgan fingerprint density at radius 2 is 1.67 bits per heavy atom. The largest absolute Gasteiger partial charge is 0.384 e. The van der Waals surface area contributed by atoms with E-state index in [2.05, 4.69) is 10.3 Å². The highest BCUT2D eigenvalue weighted by Gasteiger charge is 2.43. The Kier molecular flexibility index (Phi) is 5.12. The van der Waals surface area contributed by atoms with Crippen LogP contribution < -0.4 is 11.1 Å². The topological polar surface area (TPSA) is 77.2 Å². The molecule has 5 nitrogen and oxygen atoms in total. The molecule has 180 valence electrons. The molecular weight excluding hydrogens is 460 g/mol. The summed E-state index contributed by atoms with van der Waals surface area (Å²) in [6, 6.07) is 16.6. The van der Waals surface area contributed by atoms with E-state index < -0.39 is 11.6 Å². The summed E-state index contributed by atoms with van der Waals surface area (Å²) in [6.45, 7) is 4.16. The normalized spacial score (nSPS) is 17.1. The number of nitrogens with zero attached hydrogens (tertiary/aromatic N) is 1. The van der Waals surface area contributed by atoms with E-state index in [1.54, 1.807) is 12.1 Å². The maximum absolute atomic E-state index is 14.4. The number of hydrogen-bond donors (Lipinski definition) is 2. The molecule has 2 aliphatic heterocycles. The lowest BCUT2D eigenvalue weighted by molar-refractivity contribution is 0.0857. The molecular formula is C29H23F2N3O2. The van der Waals surface area contributed by atoms with Crippen molar-refractivity contribution in [2.45, 2.75) is 32.6 Å². The summed E-state index contributed by atoms with van der Waals surface area (Å²) in [4.78, 5) is 17.3. The molecule has 0 spiro atoms. The van der Waals surface area contributed by atoms with Gasteiger partial charge in [0.15, 0.2) is 0 Å². The highest BCUT2D eigenvalue weighted by molar-refractivity contribution is 5.94. The minimum absolute atomic E-state index is 0.196. The molecule has 3 heterocycles. The molecule has 6 rings (SSSR count). The Balaban J connectivity index is 1.27. The van der Waals surface area contributed by atoms with Crippen LogP contribution in [0, 0.1) is 25.5 Å². The van der Waals surface area contributed by atoms with Gasteiger partial charge in [0.25, 0.3) is 5.91 Å². The Morgan fingerprint density at radius 1 is 0.944 bits per heavy atom. The number of nitrogen functional groups attached to an aromatic ring is 1. The molecule has 0 radical (unpaired) electrons. The van der Waals surface area contributed by atoms with Crippen molar-refractivity contribution < 1.29 is 18.3 Å². The Labute approximate surface area is 206 Å². The van der Waals surface area contributed by atoms with Crippen LogP contribution in [0.25, 0.3) is 11.1 Å². The fourth-order valence-corrected chi connectivity index (χ4v) is 5.30. The van der Waals surface area contributed by atoms with Crippen molar-refractivity contribution in [3.8, 4) is 11.1 Å². The second-order valence-electron chi connectivity index (χ2n) is 9.32. The summed E-state index contributed by atoms with van der Waals surface area (Å²) in [6.07, 6.45) is -0.572. The summed E-state index contributed by atoms with van der Waals surface area (Å²) >= 11 is 0. The van der Waals surface area contributed by atoms with E-state index in [9.17, 15) is 13.6 Å². The lowest BCUT2D eigenvalue weighted by Gasteiger charge is -2.18. The Bertz CT molecular complexity index is 1540. The number of hydrogen-bond acceptors (Lipinski definition) is 4. The number of amides is 1. The zero-order valence-electron chi connectivity index (χ0n) is 19.7. The average molecular weight is 484 g/mol. The number of carbonyl (C=O) groups excluding carboxylic acids is 1. The van der Waals surface area contributed by atoms with Gasteiger partial charge in [0.1, 0.15) is 29.7 Å². The van der Waals surface area contributed by atoms with Crippen LogP contribution in [0.1, 0.15) is 61.6 Å². The summed E-state index contributed by atoms with van der Waals surface area (Å²) in [7, 11) is 0. The molecule has 7 heteroatoms. The lowest BCUT2D eigenvalue weighted by atomic mass is 9.83. The Hall–Kier alpha value is -4.10. The number of aromatic nitrogens is 1. The van der Waals surface area contributed by atoms with Crippen molar-refractivity contribution in [3.63, 3.8) is 0 Å². The van der Waals surface area contributed by atoms with Crippen molar-refractivity contribution in [1.29, 1.82) is 0 Å². The molecule has 3 aromatic carbocycles. The van der Waals surface area contributed by atoms with E-state index in [4.69, 9.17) is 10.5 Å². The quantitative estimate of drug-likeness (QED) is 0.392. The second kappa shape index (κ2) is 8.24. The molecule has 0 saturated heterocycles. The van der Waals surface area contributed by atoms with Crippen molar-refractivity contribution in [3.05, 3.63) is 117 Å². The van der Waals surface area contributed by atoms with Crippen LogP contribution in [0.2, 0.25) is 0 Å². The van der Waals surface area contributed by atoms with Gasteiger partial charge in [-0.15, -0.1) is 0 Å². The van der Waals surface area contributed by atoms with Gasteiger partial charge in [-0.25, -0.2) is 13.8 Å². The summed E-state index contributed by atoms with van der Waals surface area (Å²) < 4.78 is 34.0. The van der Waals surface area contributed by atoms with Gasteiger partial charge in [-0.3, -0.25) is 4.79 Å². The van der Waals surface area contributed by atoms with Crippen molar-refractivity contribution in [2.24, 2.45) is 0 Å². The van der Waals surface area contributed by atoms with Gasteiger partial charge in [0.05, 0.1) is 0 Å². The zero-order valence-corrected chi connectivity index (χ0v) is 19.7. The van der Waals surface area contributed by atoms with Gasteiger partial charge in [0.2, 0.25) is 0 Å². The van der Waals surface area contributed by atoms with Crippen molar-refractivity contribution >= 4 is 11.7 Å². The first kappa shape index (κ1) is 22.4. The van der Waals surface area contributed by atoms with Gasteiger partial charge in [-0.1, -0.05) is 18.2 Å². The predicted octanol–water partition coefficient (Wildman–Crippen LogP) is 5.68. The van der Waals surface area contributed by atoms with E-state index in [1.165, 1.54) is 12.1 Å². The smallest absolute Gasteiger partial charge is 0.251 e. The fraction of sp³-hybridized carbons (Fsp3) is 0.172. The number of ether oxygens (including phenoxy) is 1. The fourth-order valence-electron chi connectivity index (χ4n) is 5.30. The van der Waals surface area contributed by atoms with Crippen molar-refractivity contribution in [1.82, 2.24) is 10.3 Å². The number of fused-ring (bicyclic) bond motifs is 8. The number of halogens is 2. The maximum atomic E-state index is 14.4. The minimum Gasteiger partial charge on any atom is -0.384 e. The van der Waals surface area contributed by atoms with Gasteiger partial charge in [-0.05, 0) is 89.2 Å². The van der Waals surface area contributed by atoms with Gasteiger partial charge < -0.3 is 15.8 Å². The van der Waals surface area contributed by atoms with Crippen LogP contribution in [0.15, 0.2) is 60.7 Å². The third-order valence-electron chi connectivity index (χ3n) is 7.08. The SMILES string of the molecule is Cc1cc(N)nc(C)c1CNC(=O)c1ccc2c(c1)C1OC2c2ccc(-c3ccc(F)cc3F)cc21. The lowest BCUT2D eigenvalue weighted by Crippen LogP contribution is -2.24. The molecule has 1 aromatic heterocycles. The maximum Gasteiger partial charge on any atom is 0.251 e. The predicted molar refractivity (Wildman–Crippen MR) is 132 cm³/mol. The van der Waals surface area contributed by atoms with Crippen LogP contribution in [0.3, 0.4) is 0 Å². The molecule has 2 bridgehead atoms. The molecule has 2 unspecified atom stereocenters. The van der Waals surface area contributed by atoms with E-state index in [-0.39, 0.29) is 18.1 Å². The summed E-state index contributed by atoms with van der Waals surface area (Å²) in [5.74, 6) is -0.962. The molecule has 0 fully saturated rings. The number of aryl methyl sites for hydroxylation is 2. The third kappa shape index (κ3) is 3.55. The second-order valence-corrected chi connectivity index (χ2v) is 9.32. The molecule has 0 saturated carbocycles. The molecule has 4 aromatic rings. The number of carbonyl (C=O) groups is 1. The first-order chi connectivity index (χ1) is 17.3. The van der Waals surface area contributed by atoms with E-state index in [0.29, 0.717) is 29.1 Å². The molecule has 1 amide bonds. The first-order valence-electron chi connectivity index (χ1n) is 11.7. The third-order valence-corrected chi connectivity index (χ3v) is 7.08. The number of nitrogens with two attached hydrogens (primary N) is 1. The number of nitrogens with one attached hydrogen (secondary N) is 1. The average Bonchev–Trinajstić information content (AvgIpc) is 3.40. The van der Waals surface area contributed by atoms with Crippen LogP contribution in [0.4, 0.5) is 14.6 Å². The highest BCUT2D eigenvalue weighted by atomic mass is 19.1. The molecule has 2 aliphatic rings. The van der Waals surface area contributed by atoms with Gasteiger partial charge >= 0.3 is 0 Å². The van der Waals surface area contributed by atoms with E-state index >= 15 is 0 Å². The van der Waals surface area contributed by atoms with E-state index in [1.807, 2.05) is 44.2 Å². The monoisotopic (exact) mass is 483 g/mol. The summed E-state index contributed by atoms with van der Waals surface area (Å²) in [5.41, 5.74) is 13.9. The van der Waals surface area contributed by atoms with Crippen LogP contribution in [0.5, 0.6) is 0 Å². The first-order valence-corrected chi connectivity index (χ1v) is 11.7. The number of pyridine rings is 1. The summed E-state index contributed by atoms with van der Waals surface area (Å²) in [5, 5.41) is 2.98. The number of benzene rings is 3.